The third-order valence-electron chi connectivity index (χ3n) is 2.82. The first kappa shape index (κ1) is 16.1. The van der Waals surface area contributed by atoms with Gasteiger partial charge in [-0.05, 0) is 20.3 Å². The molecule has 0 amide bonds. The van der Waals surface area contributed by atoms with Crippen molar-refractivity contribution in [1.29, 1.82) is 0 Å². The summed E-state index contributed by atoms with van der Waals surface area (Å²) in [5, 5.41) is 1.69. The van der Waals surface area contributed by atoms with Gasteiger partial charge in [-0.15, -0.1) is 11.3 Å². The maximum Gasteiger partial charge on any atom is 0.279 e. The molecule has 0 fully saturated rings. The molecule has 116 valence electrons. The number of rotatable bonds is 7. The molecule has 2 heterocycles. The summed E-state index contributed by atoms with van der Waals surface area (Å²) in [7, 11) is -3.87. The molecule has 0 aliphatic carbocycles. The molecule has 7 nitrogen and oxygen atoms in total. The van der Waals surface area contributed by atoms with Crippen LogP contribution in [0.15, 0.2) is 21.3 Å². The number of hydrogen-bond donors (Lipinski definition) is 1. The topological polar surface area (TPSA) is 89.8 Å². The van der Waals surface area contributed by atoms with Crippen molar-refractivity contribution in [2.45, 2.75) is 25.2 Å². The summed E-state index contributed by atoms with van der Waals surface area (Å²) in [6, 6.07) is 0. The number of ether oxygens (including phenoxy) is 1. The lowest BCUT2D eigenvalue weighted by molar-refractivity contribution is 0.146. The van der Waals surface area contributed by atoms with Crippen molar-refractivity contribution in [1.82, 2.24) is 14.1 Å². The number of fused-ring (bicyclic) bond motifs is 1. The van der Waals surface area contributed by atoms with E-state index in [-0.39, 0.29) is 17.1 Å². The van der Waals surface area contributed by atoms with Crippen molar-refractivity contribution in [3.05, 3.63) is 27.6 Å². The molecular formula is C12H17N3O4S2. The van der Waals surface area contributed by atoms with Crippen molar-refractivity contribution in [3.8, 4) is 0 Å². The summed E-state index contributed by atoms with van der Waals surface area (Å²) >= 11 is 1.28. The second kappa shape index (κ2) is 6.65. The Bertz CT molecular complexity index is 779. The van der Waals surface area contributed by atoms with E-state index < -0.39 is 15.6 Å². The Morgan fingerprint density at radius 1 is 1.48 bits per heavy atom. The third-order valence-corrected chi connectivity index (χ3v) is 5.17. The van der Waals surface area contributed by atoms with Crippen LogP contribution in [0.25, 0.3) is 4.96 Å². The van der Waals surface area contributed by atoms with Crippen LogP contribution < -0.4 is 10.3 Å². The van der Waals surface area contributed by atoms with Gasteiger partial charge in [-0.3, -0.25) is 9.20 Å². The van der Waals surface area contributed by atoms with Gasteiger partial charge in [0.05, 0.1) is 5.69 Å². The molecule has 0 spiro atoms. The monoisotopic (exact) mass is 331 g/mol. The van der Waals surface area contributed by atoms with Gasteiger partial charge in [0.1, 0.15) is 0 Å². The fourth-order valence-corrected chi connectivity index (χ4v) is 3.94. The Morgan fingerprint density at radius 3 is 2.95 bits per heavy atom. The molecule has 0 saturated carbocycles. The van der Waals surface area contributed by atoms with Crippen LogP contribution in [0.1, 0.15) is 19.0 Å². The maximum absolute atomic E-state index is 12.3. The van der Waals surface area contributed by atoms with E-state index in [2.05, 4.69) is 9.71 Å². The SMILES string of the molecule is CCOCCCNS(=O)(=O)c1c(C)nc2sccn2c1=O. The van der Waals surface area contributed by atoms with Crippen LogP contribution in [0, 0.1) is 6.92 Å². The van der Waals surface area contributed by atoms with Crippen LogP contribution in [-0.4, -0.2) is 37.6 Å². The number of hydrogen-bond acceptors (Lipinski definition) is 6. The largest absolute Gasteiger partial charge is 0.382 e. The van der Waals surface area contributed by atoms with Crippen molar-refractivity contribution >= 4 is 26.3 Å². The highest BCUT2D eigenvalue weighted by molar-refractivity contribution is 7.89. The number of thiazole rings is 1. The lowest BCUT2D eigenvalue weighted by Gasteiger charge is -2.08. The summed E-state index contributed by atoms with van der Waals surface area (Å²) < 4.78 is 33.3. The predicted molar refractivity (Wildman–Crippen MR) is 80.4 cm³/mol. The smallest absolute Gasteiger partial charge is 0.279 e. The molecule has 2 aromatic rings. The zero-order valence-corrected chi connectivity index (χ0v) is 13.5. The highest BCUT2D eigenvalue weighted by atomic mass is 32.2. The lowest BCUT2D eigenvalue weighted by atomic mass is 10.4. The van der Waals surface area contributed by atoms with Crippen LogP contribution in [0.3, 0.4) is 0 Å². The minimum Gasteiger partial charge on any atom is -0.382 e. The minimum atomic E-state index is -3.87. The van der Waals surface area contributed by atoms with Gasteiger partial charge in [-0.25, -0.2) is 18.1 Å². The molecule has 2 rings (SSSR count). The van der Waals surface area contributed by atoms with E-state index >= 15 is 0 Å². The first-order chi connectivity index (χ1) is 9.97. The molecule has 0 radical (unpaired) electrons. The Kier molecular flexibility index (Phi) is 5.09. The van der Waals surface area contributed by atoms with Gasteiger partial charge in [0.2, 0.25) is 10.0 Å². The summed E-state index contributed by atoms with van der Waals surface area (Å²) in [5.74, 6) is 0. The molecular weight excluding hydrogens is 314 g/mol. The van der Waals surface area contributed by atoms with E-state index in [1.807, 2.05) is 6.92 Å². The van der Waals surface area contributed by atoms with E-state index in [1.54, 1.807) is 5.38 Å². The number of aromatic nitrogens is 2. The zero-order valence-electron chi connectivity index (χ0n) is 11.8. The van der Waals surface area contributed by atoms with Crippen molar-refractivity contribution in [2.75, 3.05) is 19.8 Å². The van der Waals surface area contributed by atoms with Gasteiger partial charge >= 0.3 is 0 Å². The number of aryl methyl sites for hydroxylation is 1. The first-order valence-electron chi connectivity index (χ1n) is 6.51. The van der Waals surface area contributed by atoms with Crippen LogP contribution in [0.2, 0.25) is 0 Å². The molecule has 2 aromatic heterocycles. The number of nitrogens with one attached hydrogen (secondary N) is 1. The third kappa shape index (κ3) is 3.49. The van der Waals surface area contributed by atoms with Gasteiger partial charge in [0, 0.05) is 31.3 Å². The lowest BCUT2D eigenvalue weighted by Crippen LogP contribution is -2.33. The molecule has 21 heavy (non-hydrogen) atoms. The average molecular weight is 331 g/mol. The molecule has 0 atom stereocenters. The van der Waals surface area contributed by atoms with Gasteiger partial charge in [-0.2, -0.15) is 0 Å². The molecule has 0 bridgehead atoms. The number of sulfonamides is 1. The summed E-state index contributed by atoms with van der Waals surface area (Å²) in [6.45, 7) is 4.67. The molecule has 0 unspecified atom stereocenters. The van der Waals surface area contributed by atoms with Crippen molar-refractivity contribution < 1.29 is 13.2 Å². The van der Waals surface area contributed by atoms with Crippen molar-refractivity contribution in [3.63, 3.8) is 0 Å². The van der Waals surface area contributed by atoms with E-state index in [0.29, 0.717) is 24.6 Å². The fourth-order valence-electron chi connectivity index (χ4n) is 1.87. The zero-order chi connectivity index (χ0) is 15.5. The normalized spacial score (nSPS) is 12.1. The quantitative estimate of drug-likeness (QED) is 0.757. The van der Waals surface area contributed by atoms with Gasteiger partial charge < -0.3 is 4.74 Å². The summed E-state index contributed by atoms with van der Waals surface area (Å²) in [5.41, 5.74) is -0.365. The van der Waals surface area contributed by atoms with Crippen LogP contribution in [0.5, 0.6) is 0 Å². The molecule has 0 aliphatic heterocycles. The van der Waals surface area contributed by atoms with Gasteiger partial charge in [0.15, 0.2) is 9.86 Å². The predicted octanol–water partition coefficient (Wildman–Crippen LogP) is 0.769. The van der Waals surface area contributed by atoms with Crippen LogP contribution in [0.4, 0.5) is 0 Å². The second-order valence-corrected chi connectivity index (χ2v) is 6.91. The van der Waals surface area contributed by atoms with Gasteiger partial charge in [-0.1, -0.05) is 0 Å². The Hall–Kier alpha value is -1.29. The first-order valence-corrected chi connectivity index (χ1v) is 8.87. The van der Waals surface area contributed by atoms with Gasteiger partial charge in [0.25, 0.3) is 5.56 Å². The Morgan fingerprint density at radius 2 is 2.24 bits per heavy atom. The molecule has 0 saturated heterocycles. The Balaban J connectivity index is 2.25. The number of nitrogens with zero attached hydrogens (tertiary/aromatic N) is 2. The van der Waals surface area contributed by atoms with E-state index in [1.165, 1.54) is 28.9 Å². The average Bonchev–Trinajstić information content (AvgIpc) is 2.86. The standard InChI is InChI=1S/C12H17N3O4S2/c1-3-19-7-4-5-13-21(17,18)10-9(2)14-12-15(11(10)16)6-8-20-12/h6,8,13H,3-5,7H2,1-2H3. The van der Waals surface area contributed by atoms with Crippen molar-refractivity contribution in [2.24, 2.45) is 0 Å². The highest BCUT2D eigenvalue weighted by Gasteiger charge is 2.23. The molecule has 0 aliphatic rings. The molecule has 9 heteroatoms. The fraction of sp³-hybridized carbons (Fsp3) is 0.500. The summed E-state index contributed by atoms with van der Waals surface area (Å²) in [4.78, 5) is 16.6. The molecule has 0 aromatic carbocycles. The maximum atomic E-state index is 12.3. The highest BCUT2D eigenvalue weighted by Crippen LogP contribution is 2.12. The van der Waals surface area contributed by atoms with Crippen LogP contribution >= 0.6 is 11.3 Å². The molecule has 1 N–H and O–H groups in total. The summed E-state index contributed by atoms with van der Waals surface area (Å²) in [6.07, 6.45) is 2.06. The van der Waals surface area contributed by atoms with E-state index in [9.17, 15) is 13.2 Å². The Labute approximate surface area is 126 Å². The van der Waals surface area contributed by atoms with Crippen LogP contribution in [-0.2, 0) is 14.8 Å². The minimum absolute atomic E-state index is 0.208. The second-order valence-electron chi connectivity index (χ2n) is 4.34. The van der Waals surface area contributed by atoms with E-state index in [4.69, 9.17) is 4.74 Å². The van der Waals surface area contributed by atoms with E-state index in [0.717, 1.165) is 0 Å².